The zero-order chi connectivity index (χ0) is 24.8. The van der Waals surface area contributed by atoms with Crippen LogP contribution in [0.3, 0.4) is 0 Å². The molecule has 0 aromatic heterocycles. The second-order valence-corrected chi connectivity index (χ2v) is 12.3. The molecule has 1 aliphatic rings. The molecule has 1 heterocycles. The molecule has 0 N–H and O–H groups in total. The van der Waals surface area contributed by atoms with Crippen molar-refractivity contribution in [3.63, 3.8) is 0 Å². The Hall–Kier alpha value is -0.558. The van der Waals surface area contributed by atoms with E-state index in [4.69, 9.17) is 0 Å². The molecular weight excluding hydrogens is 785 g/mol. The SMILES string of the molecule is CC(C)(C)[C@@H](c1cccc2ccccc12)N1[CH]N([C@H](c2cccc3ccccc23)C(C)(C)C)CC1.[HH].[I-].[I-].[Pd+2]. The van der Waals surface area contributed by atoms with Crippen molar-refractivity contribution in [3.8, 4) is 0 Å². The maximum absolute atomic E-state index is 2.60. The Morgan fingerprint density at radius 2 is 0.895 bits per heavy atom. The quantitative estimate of drug-likeness (QED) is 0.231. The molecule has 5 rings (SSSR count). The molecule has 0 unspecified atom stereocenters. The van der Waals surface area contributed by atoms with Gasteiger partial charge in [-0.15, -0.1) is 0 Å². The first kappa shape index (κ1) is 33.6. The molecule has 38 heavy (non-hydrogen) atoms. The molecule has 1 aliphatic heterocycles. The molecule has 1 fully saturated rings. The second kappa shape index (κ2) is 13.4. The zero-order valence-electron chi connectivity index (χ0n) is 23.2. The molecule has 1 radical (unpaired) electrons. The van der Waals surface area contributed by atoms with E-state index in [0.717, 1.165) is 13.1 Å². The van der Waals surface area contributed by atoms with Crippen molar-refractivity contribution < 1.29 is 69.8 Å². The van der Waals surface area contributed by atoms with E-state index in [1.54, 1.807) is 0 Å². The van der Waals surface area contributed by atoms with Gasteiger partial charge in [-0.1, -0.05) is 126 Å². The van der Waals surface area contributed by atoms with Gasteiger partial charge in [0.15, 0.2) is 0 Å². The molecule has 4 aromatic rings. The predicted octanol–water partition coefficient (Wildman–Crippen LogP) is 2.86. The van der Waals surface area contributed by atoms with E-state index in [9.17, 15) is 0 Å². The molecule has 2 nitrogen and oxygen atoms in total. The van der Waals surface area contributed by atoms with Gasteiger partial charge in [-0.2, -0.15) is 0 Å². The number of fused-ring (bicyclic) bond motifs is 2. The van der Waals surface area contributed by atoms with E-state index >= 15 is 0 Å². The number of hydrogen-bond donors (Lipinski definition) is 0. The summed E-state index contributed by atoms with van der Waals surface area (Å²) in [6.45, 7) is 18.8. The summed E-state index contributed by atoms with van der Waals surface area (Å²) in [5, 5.41) is 5.36. The summed E-state index contributed by atoms with van der Waals surface area (Å²) >= 11 is 0. The molecule has 0 spiro atoms. The number of rotatable bonds is 4. The maximum Gasteiger partial charge on any atom is 2.00 e. The van der Waals surface area contributed by atoms with Crippen LogP contribution >= 0.6 is 0 Å². The smallest absolute Gasteiger partial charge is 1.00 e. The van der Waals surface area contributed by atoms with Crippen LogP contribution in [0.25, 0.3) is 21.5 Å². The summed E-state index contributed by atoms with van der Waals surface area (Å²) < 4.78 is 0. The number of nitrogens with zero attached hydrogens (tertiary/aromatic N) is 2. The monoisotopic (exact) mass is 825 g/mol. The Bertz CT molecular complexity index is 1240. The summed E-state index contributed by atoms with van der Waals surface area (Å²) in [4.78, 5) is 5.21. The molecule has 0 bridgehead atoms. The van der Waals surface area contributed by atoms with Gasteiger partial charge >= 0.3 is 20.4 Å². The van der Waals surface area contributed by atoms with Crippen LogP contribution in [0, 0.1) is 17.5 Å². The summed E-state index contributed by atoms with van der Waals surface area (Å²) in [7, 11) is 0. The summed E-state index contributed by atoms with van der Waals surface area (Å²) in [5.41, 5.74) is 3.03. The molecule has 207 valence electrons. The zero-order valence-corrected chi connectivity index (χ0v) is 29.1. The van der Waals surface area contributed by atoms with Gasteiger partial charge in [0.2, 0.25) is 0 Å². The predicted molar refractivity (Wildman–Crippen MR) is 152 cm³/mol. The molecule has 4 aromatic carbocycles. The minimum atomic E-state index is 0. The van der Waals surface area contributed by atoms with Crippen molar-refractivity contribution in [1.29, 1.82) is 0 Å². The third kappa shape index (κ3) is 6.83. The van der Waals surface area contributed by atoms with E-state index in [0.29, 0.717) is 12.1 Å². The van der Waals surface area contributed by atoms with Crippen LogP contribution in [-0.2, 0) is 20.4 Å². The topological polar surface area (TPSA) is 6.48 Å². The Morgan fingerprint density at radius 1 is 0.553 bits per heavy atom. The first-order valence-electron chi connectivity index (χ1n) is 13.0. The van der Waals surface area contributed by atoms with E-state index in [2.05, 4.69) is 143 Å². The fourth-order valence-electron chi connectivity index (χ4n) is 6.19. The van der Waals surface area contributed by atoms with Gasteiger partial charge in [0.1, 0.15) is 0 Å². The van der Waals surface area contributed by atoms with Crippen LogP contribution in [0.1, 0.15) is 66.2 Å². The van der Waals surface area contributed by atoms with Gasteiger partial charge in [0.05, 0.1) is 6.67 Å². The maximum atomic E-state index is 2.60. The van der Waals surface area contributed by atoms with Gasteiger partial charge < -0.3 is 48.0 Å². The van der Waals surface area contributed by atoms with E-state index < -0.39 is 0 Å². The van der Waals surface area contributed by atoms with Crippen LogP contribution < -0.4 is 48.0 Å². The summed E-state index contributed by atoms with van der Waals surface area (Å²) in [5.74, 6) is 0. The third-order valence-corrected chi connectivity index (χ3v) is 7.45. The van der Waals surface area contributed by atoms with Gasteiger partial charge in [-0.3, -0.25) is 9.80 Å². The first-order chi connectivity index (χ1) is 16.6. The molecule has 0 amide bonds. The fourth-order valence-corrected chi connectivity index (χ4v) is 6.19. The molecular formula is C33H41I2N2Pd. The number of benzene rings is 4. The summed E-state index contributed by atoms with van der Waals surface area (Å²) in [6, 6.07) is 31.8. The van der Waals surface area contributed by atoms with Gasteiger partial charge in [-0.25, -0.2) is 0 Å². The second-order valence-electron chi connectivity index (χ2n) is 12.3. The molecule has 1 saturated heterocycles. The standard InChI is InChI=1S/C33H39N2.2HI.Pd.H2/c1-32(2,3)30(28-19-11-15-24-13-7-9-17-26(24)28)34-21-22-35(23-34)31(33(4,5)6)29-20-12-16-25-14-8-10-18-27(25)29;;;;/h7-20,23,30-31H,21-22H2,1-6H3;2*1H;;1H/q;;;+2;/p-2/t30-,31-;;;;/m1..../s1. The van der Waals surface area contributed by atoms with E-state index in [-0.39, 0.29) is 80.6 Å². The number of hydrogen-bond acceptors (Lipinski definition) is 2. The van der Waals surface area contributed by atoms with Crippen LogP contribution in [-0.4, -0.2) is 22.9 Å². The fraction of sp³-hybridized carbons (Fsp3) is 0.364. The number of halogens is 2. The molecule has 0 aliphatic carbocycles. The van der Waals surface area contributed by atoms with Crippen molar-refractivity contribution in [2.45, 2.75) is 53.6 Å². The van der Waals surface area contributed by atoms with E-state index in [1.165, 1.54) is 32.7 Å². The third-order valence-electron chi connectivity index (χ3n) is 7.45. The van der Waals surface area contributed by atoms with Crippen LogP contribution in [0.15, 0.2) is 84.9 Å². The average molecular weight is 826 g/mol. The minimum Gasteiger partial charge on any atom is -1.00 e. The van der Waals surface area contributed by atoms with Crippen LogP contribution in [0.2, 0.25) is 0 Å². The molecule has 2 atom stereocenters. The van der Waals surface area contributed by atoms with Crippen LogP contribution in [0.5, 0.6) is 0 Å². The Labute approximate surface area is 279 Å². The van der Waals surface area contributed by atoms with E-state index in [1.807, 2.05) is 0 Å². The normalized spacial score (nSPS) is 16.4. The van der Waals surface area contributed by atoms with Crippen molar-refractivity contribution in [2.24, 2.45) is 10.8 Å². The average Bonchev–Trinajstić information content (AvgIpc) is 3.26. The van der Waals surface area contributed by atoms with Crippen molar-refractivity contribution >= 4 is 21.5 Å². The minimum absolute atomic E-state index is 0. The van der Waals surface area contributed by atoms with Gasteiger partial charge in [-0.05, 0) is 43.5 Å². The summed E-state index contributed by atoms with van der Waals surface area (Å²) in [6.07, 6.45) is 0. The van der Waals surface area contributed by atoms with Gasteiger partial charge in [0.25, 0.3) is 0 Å². The van der Waals surface area contributed by atoms with Crippen molar-refractivity contribution in [1.82, 2.24) is 9.80 Å². The first-order valence-corrected chi connectivity index (χ1v) is 13.0. The van der Waals surface area contributed by atoms with Gasteiger partial charge in [0, 0.05) is 26.6 Å². The Kier molecular flexibility index (Phi) is 11.9. The Balaban J connectivity index is 0.00000190. The van der Waals surface area contributed by atoms with Crippen molar-refractivity contribution in [3.05, 3.63) is 103 Å². The molecule has 5 heteroatoms. The Morgan fingerprint density at radius 3 is 1.26 bits per heavy atom. The van der Waals surface area contributed by atoms with Crippen molar-refractivity contribution in [2.75, 3.05) is 13.1 Å². The molecule has 0 saturated carbocycles. The largest absolute Gasteiger partial charge is 2.00 e. The van der Waals surface area contributed by atoms with Crippen LogP contribution in [0.4, 0.5) is 0 Å².